The fourth-order valence-corrected chi connectivity index (χ4v) is 4.23. The van der Waals surface area contributed by atoms with Crippen molar-refractivity contribution in [1.29, 1.82) is 0 Å². The first kappa shape index (κ1) is 24.0. The van der Waals surface area contributed by atoms with Gasteiger partial charge in [0, 0.05) is 35.3 Å². The Labute approximate surface area is 204 Å². The van der Waals surface area contributed by atoms with Crippen LogP contribution < -0.4 is 10.1 Å². The second-order valence-electron chi connectivity index (χ2n) is 7.94. The Morgan fingerprint density at radius 2 is 1.69 bits per heavy atom. The Bertz CT molecular complexity index is 1460. The van der Waals surface area contributed by atoms with E-state index in [0.717, 1.165) is 22.9 Å². The molecular weight excluding hydrogens is 462 g/mol. The number of sulfone groups is 1. The molecule has 1 heterocycles. The molecule has 1 N–H and O–H groups in total. The quantitative estimate of drug-likeness (QED) is 0.365. The number of nitrogens with zero attached hydrogens (tertiary/aromatic N) is 2. The maximum Gasteiger partial charge on any atom is 0.248 e. The summed E-state index contributed by atoms with van der Waals surface area (Å²) in [4.78, 5) is 12.8. The van der Waals surface area contributed by atoms with Crippen LogP contribution in [0.2, 0.25) is 0 Å². The lowest BCUT2D eigenvalue weighted by atomic mass is 10.1. The SMILES string of the molecule is COc1ccccc1-c1nn(Cc2ccccc2)cc1/C=C/C(=O)Nc1ccc(S(C)(=O)=O)cc1. The van der Waals surface area contributed by atoms with Gasteiger partial charge < -0.3 is 10.1 Å². The number of hydrogen-bond donors (Lipinski definition) is 1. The minimum atomic E-state index is -3.30. The van der Waals surface area contributed by atoms with Crippen molar-refractivity contribution in [2.24, 2.45) is 0 Å². The summed E-state index contributed by atoms with van der Waals surface area (Å²) in [6, 6.07) is 23.6. The van der Waals surface area contributed by atoms with E-state index in [2.05, 4.69) is 5.32 Å². The number of rotatable bonds is 8. The van der Waals surface area contributed by atoms with Crippen molar-refractivity contribution in [1.82, 2.24) is 9.78 Å². The van der Waals surface area contributed by atoms with Crippen molar-refractivity contribution in [3.8, 4) is 17.0 Å². The number of amides is 1. The van der Waals surface area contributed by atoms with Crippen LogP contribution >= 0.6 is 0 Å². The van der Waals surface area contributed by atoms with E-state index in [4.69, 9.17) is 9.84 Å². The van der Waals surface area contributed by atoms with Gasteiger partial charge in [-0.1, -0.05) is 42.5 Å². The van der Waals surface area contributed by atoms with E-state index in [-0.39, 0.29) is 10.8 Å². The molecule has 0 spiro atoms. The second kappa shape index (κ2) is 10.4. The van der Waals surface area contributed by atoms with Crippen LogP contribution in [0.1, 0.15) is 11.1 Å². The summed E-state index contributed by atoms with van der Waals surface area (Å²) in [6.45, 7) is 0.579. The Morgan fingerprint density at radius 1 is 1.00 bits per heavy atom. The number of carbonyl (C=O) groups excluding carboxylic acids is 1. The molecule has 3 aromatic carbocycles. The zero-order chi connectivity index (χ0) is 24.8. The molecule has 1 aromatic heterocycles. The average Bonchev–Trinajstić information content (AvgIpc) is 3.25. The molecule has 0 aliphatic heterocycles. The third-order valence-electron chi connectivity index (χ3n) is 5.30. The van der Waals surface area contributed by atoms with E-state index < -0.39 is 9.84 Å². The first-order valence-electron chi connectivity index (χ1n) is 10.9. The molecular formula is C27H25N3O4S. The molecule has 1 amide bonds. The summed E-state index contributed by atoms with van der Waals surface area (Å²) in [7, 11) is -1.69. The molecule has 7 nitrogen and oxygen atoms in total. The zero-order valence-corrected chi connectivity index (χ0v) is 20.2. The molecule has 0 radical (unpaired) electrons. The summed E-state index contributed by atoms with van der Waals surface area (Å²) in [6.07, 6.45) is 6.16. The van der Waals surface area contributed by atoms with Gasteiger partial charge >= 0.3 is 0 Å². The molecule has 0 fully saturated rings. The highest BCUT2D eigenvalue weighted by Crippen LogP contribution is 2.31. The van der Waals surface area contributed by atoms with E-state index in [1.54, 1.807) is 25.3 Å². The van der Waals surface area contributed by atoms with Crippen LogP contribution in [-0.2, 0) is 21.2 Å². The highest BCUT2D eigenvalue weighted by molar-refractivity contribution is 7.90. The van der Waals surface area contributed by atoms with E-state index in [1.807, 2.05) is 65.5 Å². The summed E-state index contributed by atoms with van der Waals surface area (Å²) in [5.41, 5.74) is 3.87. The van der Waals surface area contributed by atoms with Gasteiger partial charge in [-0.3, -0.25) is 9.48 Å². The smallest absolute Gasteiger partial charge is 0.248 e. The van der Waals surface area contributed by atoms with Gasteiger partial charge in [-0.2, -0.15) is 5.10 Å². The van der Waals surface area contributed by atoms with Crippen LogP contribution in [0.4, 0.5) is 5.69 Å². The third kappa shape index (κ3) is 6.04. The van der Waals surface area contributed by atoms with Gasteiger partial charge in [0.1, 0.15) is 11.4 Å². The predicted molar refractivity (Wildman–Crippen MR) is 137 cm³/mol. The van der Waals surface area contributed by atoms with Gasteiger partial charge in [0.2, 0.25) is 5.91 Å². The van der Waals surface area contributed by atoms with Gasteiger partial charge in [-0.05, 0) is 48.0 Å². The normalized spacial score (nSPS) is 11.5. The minimum Gasteiger partial charge on any atom is -0.496 e. The van der Waals surface area contributed by atoms with Gasteiger partial charge in [-0.25, -0.2) is 8.42 Å². The van der Waals surface area contributed by atoms with Crippen molar-refractivity contribution in [3.63, 3.8) is 0 Å². The van der Waals surface area contributed by atoms with Crippen LogP contribution in [0.5, 0.6) is 5.75 Å². The summed E-state index contributed by atoms with van der Waals surface area (Å²) in [5, 5.41) is 7.52. The Morgan fingerprint density at radius 3 is 2.37 bits per heavy atom. The average molecular weight is 488 g/mol. The van der Waals surface area contributed by atoms with Gasteiger partial charge in [0.25, 0.3) is 0 Å². The number of para-hydroxylation sites is 1. The number of carbonyl (C=O) groups is 1. The molecule has 4 aromatic rings. The molecule has 0 saturated carbocycles. The number of anilines is 1. The van der Waals surface area contributed by atoms with Crippen LogP contribution in [0, 0.1) is 0 Å². The van der Waals surface area contributed by atoms with Crippen LogP contribution in [0.15, 0.2) is 96.0 Å². The van der Waals surface area contributed by atoms with Gasteiger partial charge in [0.15, 0.2) is 9.84 Å². The highest BCUT2D eigenvalue weighted by atomic mass is 32.2. The van der Waals surface area contributed by atoms with Crippen molar-refractivity contribution < 1.29 is 17.9 Å². The molecule has 35 heavy (non-hydrogen) atoms. The first-order valence-corrected chi connectivity index (χ1v) is 12.8. The summed E-state index contributed by atoms with van der Waals surface area (Å²) >= 11 is 0. The van der Waals surface area contributed by atoms with Gasteiger partial charge in [0.05, 0.1) is 18.6 Å². The van der Waals surface area contributed by atoms with Gasteiger partial charge in [-0.15, -0.1) is 0 Å². The molecule has 0 unspecified atom stereocenters. The number of methoxy groups -OCH3 is 1. The largest absolute Gasteiger partial charge is 0.496 e. The standard InChI is InChI=1S/C27H25N3O4S/c1-34-25-11-7-6-10-24(25)27-21(19-30(29-27)18-20-8-4-3-5-9-20)12-17-26(31)28-22-13-15-23(16-14-22)35(2,32)33/h3-17,19H,18H2,1-2H3,(H,28,31)/b17-12+. The molecule has 0 bridgehead atoms. The molecule has 4 rings (SSSR count). The van der Waals surface area contributed by atoms with Crippen LogP contribution in [-0.4, -0.2) is 37.5 Å². The number of nitrogens with one attached hydrogen (secondary N) is 1. The lowest BCUT2D eigenvalue weighted by Crippen LogP contribution is -2.08. The van der Waals surface area contributed by atoms with E-state index in [1.165, 1.54) is 18.2 Å². The van der Waals surface area contributed by atoms with Crippen LogP contribution in [0.3, 0.4) is 0 Å². The van der Waals surface area contributed by atoms with E-state index >= 15 is 0 Å². The maximum absolute atomic E-state index is 12.6. The number of ether oxygens (including phenoxy) is 1. The Balaban J connectivity index is 1.60. The Kier molecular flexibility index (Phi) is 7.12. The Hall–Kier alpha value is -4.17. The fourth-order valence-electron chi connectivity index (χ4n) is 3.59. The van der Waals surface area contributed by atoms with E-state index in [9.17, 15) is 13.2 Å². The van der Waals surface area contributed by atoms with Crippen molar-refractivity contribution >= 4 is 27.5 Å². The molecule has 0 aliphatic carbocycles. The number of aromatic nitrogens is 2. The minimum absolute atomic E-state index is 0.193. The van der Waals surface area contributed by atoms with Crippen molar-refractivity contribution in [2.75, 3.05) is 18.7 Å². The molecule has 8 heteroatoms. The van der Waals surface area contributed by atoms with Crippen LogP contribution in [0.25, 0.3) is 17.3 Å². The van der Waals surface area contributed by atoms with Crippen molar-refractivity contribution in [3.05, 3.63) is 102 Å². The number of hydrogen-bond acceptors (Lipinski definition) is 5. The van der Waals surface area contributed by atoms with E-state index in [0.29, 0.717) is 23.7 Å². The van der Waals surface area contributed by atoms with Crippen molar-refractivity contribution in [2.45, 2.75) is 11.4 Å². The fraction of sp³-hybridized carbons (Fsp3) is 0.111. The molecule has 178 valence electrons. The third-order valence-corrected chi connectivity index (χ3v) is 6.43. The highest BCUT2D eigenvalue weighted by Gasteiger charge is 2.14. The topological polar surface area (TPSA) is 90.3 Å². The maximum atomic E-state index is 12.6. The molecule has 0 aliphatic rings. The summed E-state index contributed by atoms with van der Waals surface area (Å²) in [5.74, 6) is 0.335. The predicted octanol–water partition coefficient (Wildman–Crippen LogP) is 4.66. The lowest BCUT2D eigenvalue weighted by molar-refractivity contribution is -0.111. The molecule has 0 saturated heterocycles. The lowest BCUT2D eigenvalue weighted by Gasteiger charge is -2.07. The monoisotopic (exact) mass is 487 g/mol. The summed E-state index contributed by atoms with van der Waals surface area (Å²) < 4.78 is 30.6. The zero-order valence-electron chi connectivity index (χ0n) is 19.4. The number of benzene rings is 3. The first-order chi connectivity index (χ1) is 16.8. The second-order valence-corrected chi connectivity index (χ2v) is 9.95. The molecule has 0 atom stereocenters.